The molecule has 1 aromatic heterocycles. The molecule has 0 atom stereocenters. The SMILES string of the molecule is CN=C(NCCc1ccco1)N(C)CC(=O)NC(C)(C)C. The maximum atomic E-state index is 11.9. The molecule has 0 aliphatic heterocycles. The molecule has 0 aromatic carbocycles. The van der Waals surface area contributed by atoms with Gasteiger partial charge in [-0.25, -0.2) is 0 Å². The van der Waals surface area contributed by atoms with Crippen LogP contribution in [0.2, 0.25) is 0 Å². The van der Waals surface area contributed by atoms with Gasteiger partial charge in [0.1, 0.15) is 5.76 Å². The molecule has 0 spiro atoms. The standard InChI is InChI=1S/C15H26N4O2/c1-15(2,3)18-13(20)11-19(5)14(16-4)17-9-8-12-7-6-10-21-12/h6-7,10H,8-9,11H2,1-5H3,(H,16,17)(H,18,20). The van der Waals surface area contributed by atoms with E-state index in [2.05, 4.69) is 15.6 Å². The molecule has 1 aromatic rings. The Morgan fingerprint density at radius 1 is 1.43 bits per heavy atom. The van der Waals surface area contributed by atoms with Crippen molar-refractivity contribution in [2.24, 2.45) is 4.99 Å². The first-order chi connectivity index (χ1) is 9.81. The number of amides is 1. The smallest absolute Gasteiger partial charge is 0.240 e. The van der Waals surface area contributed by atoms with Crippen molar-refractivity contribution in [3.05, 3.63) is 24.2 Å². The fourth-order valence-corrected chi connectivity index (χ4v) is 1.89. The third-order valence-corrected chi connectivity index (χ3v) is 2.70. The van der Waals surface area contributed by atoms with E-state index in [1.807, 2.05) is 40.0 Å². The molecule has 0 aliphatic rings. The molecule has 2 N–H and O–H groups in total. The van der Waals surface area contributed by atoms with E-state index >= 15 is 0 Å². The molecule has 0 unspecified atom stereocenters. The van der Waals surface area contributed by atoms with Crippen molar-refractivity contribution in [3.63, 3.8) is 0 Å². The van der Waals surface area contributed by atoms with E-state index in [1.165, 1.54) is 0 Å². The zero-order chi connectivity index (χ0) is 15.9. The van der Waals surface area contributed by atoms with Gasteiger partial charge < -0.3 is 20.0 Å². The van der Waals surface area contributed by atoms with Crippen molar-refractivity contribution in [1.82, 2.24) is 15.5 Å². The van der Waals surface area contributed by atoms with Crippen molar-refractivity contribution in [3.8, 4) is 0 Å². The lowest BCUT2D eigenvalue weighted by Gasteiger charge is -2.25. The van der Waals surface area contributed by atoms with Gasteiger partial charge in [0.2, 0.25) is 5.91 Å². The molecule has 0 bridgehead atoms. The number of carbonyl (C=O) groups excluding carboxylic acids is 1. The van der Waals surface area contributed by atoms with Crippen LogP contribution in [0.4, 0.5) is 0 Å². The largest absolute Gasteiger partial charge is 0.469 e. The molecule has 0 radical (unpaired) electrons. The highest BCUT2D eigenvalue weighted by Crippen LogP contribution is 2.00. The maximum absolute atomic E-state index is 11.9. The van der Waals surface area contributed by atoms with Crippen LogP contribution in [0.15, 0.2) is 27.8 Å². The van der Waals surface area contributed by atoms with Crippen LogP contribution in [-0.4, -0.2) is 49.5 Å². The van der Waals surface area contributed by atoms with E-state index in [-0.39, 0.29) is 18.0 Å². The fourth-order valence-electron chi connectivity index (χ4n) is 1.89. The van der Waals surface area contributed by atoms with Crippen LogP contribution in [0.3, 0.4) is 0 Å². The summed E-state index contributed by atoms with van der Waals surface area (Å²) in [7, 11) is 3.54. The van der Waals surface area contributed by atoms with Gasteiger partial charge in [0.15, 0.2) is 5.96 Å². The van der Waals surface area contributed by atoms with Gasteiger partial charge in [-0.05, 0) is 32.9 Å². The zero-order valence-electron chi connectivity index (χ0n) is 13.6. The molecular formula is C15H26N4O2. The molecule has 118 valence electrons. The topological polar surface area (TPSA) is 69.9 Å². The Balaban J connectivity index is 2.39. The number of nitrogens with zero attached hydrogens (tertiary/aromatic N) is 2. The summed E-state index contributed by atoms with van der Waals surface area (Å²) in [6, 6.07) is 3.80. The summed E-state index contributed by atoms with van der Waals surface area (Å²) in [6.07, 6.45) is 2.43. The lowest BCUT2D eigenvalue weighted by Crippen LogP contribution is -2.49. The highest BCUT2D eigenvalue weighted by Gasteiger charge is 2.16. The maximum Gasteiger partial charge on any atom is 0.240 e. The normalized spacial score (nSPS) is 12.1. The molecule has 1 amide bonds. The average molecular weight is 294 g/mol. The predicted octanol–water partition coefficient (Wildman–Crippen LogP) is 1.24. The Kier molecular flexibility index (Phi) is 6.27. The van der Waals surface area contributed by atoms with Gasteiger partial charge in [-0.15, -0.1) is 0 Å². The van der Waals surface area contributed by atoms with E-state index in [4.69, 9.17) is 4.42 Å². The summed E-state index contributed by atoms with van der Waals surface area (Å²) < 4.78 is 5.27. The summed E-state index contributed by atoms with van der Waals surface area (Å²) in [5.74, 6) is 1.58. The number of rotatable bonds is 5. The molecule has 0 saturated carbocycles. The molecule has 0 aliphatic carbocycles. The van der Waals surface area contributed by atoms with Crippen LogP contribution in [0.1, 0.15) is 26.5 Å². The summed E-state index contributed by atoms with van der Waals surface area (Å²) in [4.78, 5) is 17.9. The van der Waals surface area contributed by atoms with Crippen LogP contribution in [0, 0.1) is 0 Å². The lowest BCUT2D eigenvalue weighted by molar-refractivity contribution is -0.122. The Morgan fingerprint density at radius 3 is 2.67 bits per heavy atom. The van der Waals surface area contributed by atoms with Crippen LogP contribution in [0.25, 0.3) is 0 Å². The molecule has 6 nitrogen and oxygen atoms in total. The number of hydrogen-bond donors (Lipinski definition) is 2. The third kappa shape index (κ3) is 6.83. The van der Waals surface area contributed by atoms with Crippen molar-refractivity contribution in [2.75, 3.05) is 27.2 Å². The number of likely N-dealkylation sites (N-methyl/N-ethyl adjacent to an activating group) is 1. The summed E-state index contributed by atoms with van der Waals surface area (Å²) >= 11 is 0. The first-order valence-electron chi connectivity index (χ1n) is 7.07. The van der Waals surface area contributed by atoms with Gasteiger partial charge in [-0.2, -0.15) is 0 Å². The van der Waals surface area contributed by atoms with Crippen molar-refractivity contribution in [1.29, 1.82) is 0 Å². The summed E-state index contributed by atoms with van der Waals surface area (Å²) in [5, 5.41) is 6.14. The van der Waals surface area contributed by atoms with Gasteiger partial charge in [-0.1, -0.05) is 0 Å². The minimum atomic E-state index is -0.228. The summed E-state index contributed by atoms with van der Waals surface area (Å²) in [6.45, 7) is 6.84. The van der Waals surface area contributed by atoms with Gasteiger partial charge in [-0.3, -0.25) is 9.79 Å². The van der Waals surface area contributed by atoms with Gasteiger partial charge in [0.25, 0.3) is 0 Å². The van der Waals surface area contributed by atoms with Crippen molar-refractivity contribution >= 4 is 11.9 Å². The number of nitrogens with one attached hydrogen (secondary N) is 2. The lowest BCUT2D eigenvalue weighted by atomic mass is 10.1. The fraction of sp³-hybridized carbons (Fsp3) is 0.600. The molecular weight excluding hydrogens is 268 g/mol. The number of furan rings is 1. The third-order valence-electron chi connectivity index (χ3n) is 2.70. The Bertz CT molecular complexity index is 461. The highest BCUT2D eigenvalue weighted by molar-refractivity contribution is 5.86. The predicted molar refractivity (Wildman–Crippen MR) is 84.3 cm³/mol. The molecule has 6 heteroatoms. The van der Waals surface area contributed by atoms with E-state index in [9.17, 15) is 4.79 Å². The van der Waals surface area contributed by atoms with E-state index in [1.54, 1.807) is 18.2 Å². The molecule has 1 rings (SSSR count). The van der Waals surface area contributed by atoms with Crippen LogP contribution in [0.5, 0.6) is 0 Å². The van der Waals surface area contributed by atoms with E-state index in [0.717, 1.165) is 12.2 Å². The first-order valence-corrected chi connectivity index (χ1v) is 7.07. The molecule has 21 heavy (non-hydrogen) atoms. The highest BCUT2D eigenvalue weighted by atomic mass is 16.3. The minimum absolute atomic E-state index is 0.0287. The summed E-state index contributed by atoms with van der Waals surface area (Å²) in [5.41, 5.74) is -0.228. The molecule has 1 heterocycles. The van der Waals surface area contributed by atoms with Crippen LogP contribution >= 0.6 is 0 Å². The Labute approximate surface area is 126 Å². The van der Waals surface area contributed by atoms with Gasteiger partial charge >= 0.3 is 0 Å². The molecule has 0 fully saturated rings. The second-order valence-corrected chi connectivity index (χ2v) is 5.96. The number of hydrogen-bond acceptors (Lipinski definition) is 3. The average Bonchev–Trinajstić information content (AvgIpc) is 2.84. The number of aliphatic imine (C=N–C) groups is 1. The van der Waals surface area contributed by atoms with E-state index in [0.29, 0.717) is 12.5 Å². The van der Waals surface area contributed by atoms with Crippen molar-refractivity contribution in [2.45, 2.75) is 32.7 Å². The van der Waals surface area contributed by atoms with Crippen molar-refractivity contribution < 1.29 is 9.21 Å². The second-order valence-electron chi connectivity index (χ2n) is 5.96. The molecule has 0 saturated heterocycles. The van der Waals surface area contributed by atoms with Gasteiger partial charge in [0.05, 0.1) is 12.8 Å². The zero-order valence-corrected chi connectivity index (χ0v) is 13.6. The van der Waals surface area contributed by atoms with Gasteiger partial charge in [0, 0.05) is 32.6 Å². The monoisotopic (exact) mass is 294 g/mol. The van der Waals surface area contributed by atoms with Crippen LogP contribution < -0.4 is 10.6 Å². The second kappa shape index (κ2) is 7.71. The Morgan fingerprint density at radius 2 is 2.14 bits per heavy atom. The first kappa shape index (κ1) is 17.1. The number of guanidine groups is 1. The quantitative estimate of drug-likeness (QED) is 0.633. The Hall–Kier alpha value is -1.98. The number of carbonyl (C=O) groups is 1. The van der Waals surface area contributed by atoms with Crippen LogP contribution in [-0.2, 0) is 11.2 Å². The minimum Gasteiger partial charge on any atom is -0.469 e. The van der Waals surface area contributed by atoms with E-state index < -0.39 is 0 Å².